The van der Waals surface area contributed by atoms with Crippen molar-refractivity contribution in [3.05, 3.63) is 54.0 Å². The summed E-state index contributed by atoms with van der Waals surface area (Å²) in [6, 6.07) is 11.9. The molecule has 2 aromatic heterocycles. The molecule has 0 spiro atoms. The molecule has 0 atom stereocenters. The third-order valence-corrected chi connectivity index (χ3v) is 3.42. The van der Waals surface area contributed by atoms with E-state index in [4.69, 9.17) is 0 Å². The zero-order valence-corrected chi connectivity index (χ0v) is 13.4. The van der Waals surface area contributed by atoms with Gasteiger partial charge in [0.2, 0.25) is 0 Å². The fourth-order valence-electron chi connectivity index (χ4n) is 2.10. The second-order valence-corrected chi connectivity index (χ2v) is 5.38. The van der Waals surface area contributed by atoms with E-state index in [0.717, 1.165) is 16.8 Å². The van der Waals surface area contributed by atoms with Crippen LogP contribution < -0.4 is 4.90 Å². The normalized spacial score (nSPS) is 12.2. The molecule has 0 fully saturated rings. The van der Waals surface area contributed by atoms with Crippen LogP contribution in [0.5, 0.6) is 0 Å². The molecule has 6 heteroatoms. The van der Waals surface area contributed by atoms with Gasteiger partial charge in [-0.1, -0.05) is 12.1 Å². The Morgan fingerprint density at radius 2 is 1.96 bits per heavy atom. The van der Waals surface area contributed by atoms with Gasteiger partial charge in [-0.15, -0.1) is 0 Å². The summed E-state index contributed by atoms with van der Waals surface area (Å²) in [4.78, 5) is 13.8. The summed E-state index contributed by atoms with van der Waals surface area (Å²) in [7, 11) is 4.03. The molecule has 116 valence electrons. The number of fused-ring (bicyclic) bond motifs is 1. The van der Waals surface area contributed by atoms with E-state index in [1.165, 1.54) is 0 Å². The van der Waals surface area contributed by atoms with Crippen LogP contribution in [0.3, 0.4) is 0 Å². The quantitative estimate of drug-likeness (QED) is 0.595. The van der Waals surface area contributed by atoms with Crippen LogP contribution >= 0.6 is 0 Å². The van der Waals surface area contributed by atoms with Crippen LogP contribution in [0.4, 0.5) is 5.69 Å². The van der Waals surface area contributed by atoms with Gasteiger partial charge in [0.15, 0.2) is 11.5 Å². The second-order valence-electron chi connectivity index (χ2n) is 5.38. The first-order chi connectivity index (χ1) is 11.1. The van der Waals surface area contributed by atoms with Gasteiger partial charge in [-0.2, -0.15) is 10.2 Å². The highest BCUT2D eigenvalue weighted by Gasteiger charge is 2.05. The van der Waals surface area contributed by atoms with Gasteiger partial charge in [-0.05, 0) is 36.8 Å². The van der Waals surface area contributed by atoms with E-state index in [1.54, 1.807) is 12.4 Å². The first-order valence-electron chi connectivity index (χ1n) is 7.29. The van der Waals surface area contributed by atoms with Crippen LogP contribution in [0.2, 0.25) is 0 Å². The molecule has 2 heterocycles. The smallest absolute Gasteiger partial charge is 0.178 e. The fourth-order valence-corrected chi connectivity index (χ4v) is 2.10. The third-order valence-electron chi connectivity index (χ3n) is 3.42. The molecule has 0 bridgehead atoms. The van der Waals surface area contributed by atoms with Crippen LogP contribution in [-0.4, -0.2) is 41.0 Å². The minimum Gasteiger partial charge on any atom is -0.378 e. The van der Waals surface area contributed by atoms with E-state index in [9.17, 15) is 0 Å². The summed E-state index contributed by atoms with van der Waals surface area (Å²) in [5.41, 5.74) is 4.43. The number of hydrogen-bond acceptors (Lipinski definition) is 5. The molecule has 1 N–H and O–H groups in total. The van der Waals surface area contributed by atoms with Crippen molar-refractivity contribution in [2.24, 2.45) is 10.2 Å². The number of pyridine rings is 1. The van der Waals surface area contributed by atoms with Crippen LogP contribution in [0.25, 0.3) is 11.2 Å². The van der Waals surface area contributed by atoms with Crippen molar-refractivity contribution >= 4 is 28.8 Å². The topological polar surface area (TPSA) is 69.5 Å². The SMILES string of the molecule is C/C(=N/N=C/c1ccc(N(C)C)cc1)c1nc2ncccc2[nH]1. The van der Waals surface area contributed by atoms with E-state index in [0.29, 0.717) is 17.2 Å². The summed E-state index contributed by atoms with van der Waals surface area (Å²) in [5.74, 6) is 0.679. The molecule has 0 aliphatic heterocycles. The Morgan fingerprint density at radius 3 is 2.65 bits per heavy atom. The first-order valence-corrected chi connectivity index (χ1v) is 7.29. The van der Waals surface area contributed by atoms with Gasteiger partial charge in [0.25, 0.3) is 0 Å². The number of aromatic amines is 1. The number of anilines is 1. The standard InChI is InChI=1S/C17H18N6/c1-12(16-20-15-5-4-10-18-17(15)21-16)22-19-11-13-6-8-14(9-7-13)23(2)3/h4-11H,1-3H3,(H,18,20,21)/b19-11+,22-12-. The Kier molecular flexibility index (Phi) is 4.14. The van der Waals surface area contributed by atoms with Crippen molar-refractivity contribution in [2.75, 3.05) is 19.0 Å². The van der Waals surface area contributed by atoms with Gasteiger partial charge < -0.3 is 9.88 Å². The molecular formula is C17H18N6. The van der Waals surface area contributed by atoms with Crippen molar-refractivity contribution in [1.82, 2.24) is 15.0 Å². The Hall–Kier alpha value is -3.02. The molecule has 6 nitrogen and oxygen atoms in total. The summed E-state index contributed by atoms with van der Waals surface area (Å²) in [6.07, 6.45) is 3.44. The van der Waals surface area contributed by atoms with E-state index < -0.39 is 0 Å². The zero-order chi connectivity index (χ0) is 16.2. The molecule has 23 heavy (non-hydrogen) atoms. The minimum atomic E-state index is 0.679. The van der Waals surface area contributed by atoms with Crippen molar-refractivity contribution in [3.63, 3.8) is 0 Å². The average molecular weight is 306 g/mol. The molecule has 0 amide bonds. The third kappa shape index (κ3) is 3.42. The van der Waals surface area contributed by atoms with E-state index in [2.05, 4.69) is 30.1 Å². The lowest BCUT2D eigenvalue weighted by atomic mass is 10.2. The molecule has 3 rings (SSSR count). The lowest BCUT2D eigenvalue weighted by Gasteiger charge is -2.11. The highest BCUT2D eigenvalue weighted by Crippen LogP contribution is 2.11. The van der Waals surface area contributed by atoms with E-state index in [-0.39, 0.29) is 0 Å². The number of imidazole rings is 1. The maximum Gasteiger partial charge on any atom is 0.178 e. The molecule has 0 aliphatic carbocycles. The predicted octanol–water partition coefficient (Wildman–Crippen LogP) is 2.87. The predicted molar refractivity (Wildman–Crippen MR) is 94.5 cm³/mol. The maximum absolute atomic E-state index is 4.39. The van der Waals surface area contributed by atoms with E-state index in [1.807, 2.05) is 57.4 Å². The van der Waals surface area contributed by atoms with Gasteiger partial charge in [0.05, 0.1) is 11.7 Å². The first kappa shape index (κ1) is 14.9. The Bertz CT molecular complexity index is 825. The fraction of sp³-hybridized carbons (Fsp3) is 0.176. The Labute approximate surface area is 134 Å². The second kappa shape index (κ2) is 6.39. The number of nitrogens with one attached hydrogen (secondary N) is 1. The number of H-pyrrole nitrogens is 1. The molecule has 1 aromatic carbocycles. The molecule has 0 radical (unpaired) electrons. The molecular weight excluding hydrogens is 288 g/mol. The highest BCUT2D eigenvalue weighted by atomic mass is 15.2. The maximum atomic E-state index is 4.39. The van der Waals surface area contributed by atoms with Crippen molar-refractivity contribution in [1.29, 1.82) is 0 Å². The van der Waals surface area contributed by atoms with Crippen molar-refractivity contribution in [2.45, 2.75) is 6.92 Å². The van der Waals surface area contributed by atoms with Gasteiger partial charge in [0.1, 0.15) is 5.71 Å². The highest BCUT2D eigenvalue weighted by molar-refractivity contribution is 5.98. The van der Waals surface area contributed by atoms with Gasteiger partial charge in [0, 0.05) is 26.0 Å². The van der Waals surface area contributed by atoms with Gasteiger partial charge >= 0.3 is 0 Å². The molecule has 0 aliphatic rings. The number of hydrogen-bond donors (Lipinski definition) is 1. The van der Waals surface area contributed by atoms with Crippen LogP contribution in [0.1, 0.15) is 18.3 Å². The monoisotopic (exact) mass is 306 g/mol. The summed E-state index contributed by atoms with van der Waals surface area (Å²) in [6.45, 7) is 1.87. The van der Waals surface area contributed by atoms with Crippen molar-refractivity contribution in [3.8, 4) is 0 Å². The minimum absolute atomic E-state index is 0.679. The Morgan fingerprint density at radius 1 is 1.17 bits per heavy atom. The van der Waals surface area contributed by atoms with Crippen LogP contribution in [0.15, 0.2) is 52.8 Å². The lowest BCUT2D eigenvalue weighted by Crippen LogP contribution is -2.08. The summed E-state index contributed by atoms with van der Waals surface area (Å²) < 4.78 is 0. The van der Waals surface area contributed by atoms with Crippen LogP contribution in [-0.2, 0) is 0 Å². The summed E-state index contributed by atoms with van der Waals surface area (Å²) >= 11 is 0. The lowest BCUT2D eigenvalue weighted by molar-refractivity contribution is 1.13. The largest absolute Gasteiger partial charge is 0.378 e. The molecule has 3 aromatic rings. The number of rotatable bonds is 4. The molecule has 0 saturated heterocycles. The molecule has 0 unspecified atom stereocenters. The number of aromatic nitrogens is 3. The van der Waals surface area contributed by atoms with Gasteiger partial charge in [-0.25, -0.2) is 9.97 Å². The summed E-state index contributed by atoms with van der Waals surface area (Å²) in [5, 5.41) is 8.33. The average Bonchev–Trinajstić information content (AvgIpc) is 2.99. The van der Waals surface area contributed by atoms with Crippen molar-refractivity contribution < 1.29 is 0 Å². The zero-order valence-electron chi connectivity index (χ0n) is 13.4. The van der Waals surface area contributed by atoms with Gasteiger partial charge in [-0.3, -0.25) is 0 Å². The van der Waals surface area contributed by atoms with Crippen LogP contribution in [0, 0.1) is 0 Å². The van der Waals surface area contributed by atoms with E-state index >= 15 is 0 Å². The number of benzene rings is 1. The number of nitrogens with zero attached hydrogens (tertiary/aromatic N) is 5. The molecule has 0 saturated carbocycles. The Balaban J connectivity index is 1.75.